The molecule has 170 valence electrons. The summed E-state index contributed by atoms with van der Waals surface area (Å²) in [5.74, 6) is -0.187. The van der Waals surface area contributed by atoms with Gasteiger partial charge in [-0.3, -0.25) is 4.57 Å². The third-order valence-corrected chi connectivity index (χ3v) is 4.67. The molecule has 0 aliphatic carbocycles. The summed E-state index contributed by atoms with van der Waals surface area (Å²) in [4.78, 5) is 6.22. The van der Waals surface area contributed by atoms with Crippen LogP contribution in [0, 0.1) is 5.82 Å². The minimum atomic E-state index is -4.83. The Hall–Kier alpha value is -3.31. The lowest BCUT2D eigenvalue weighted by Gasteiger charge is -2.27. The summed E-state index contributed by atoms with van der Waals surface area (Å²) >= 11 is 0. The highest BCUT2D eigenvalue weighted by molar-refractivity contribution is 5.49. The topological polar surface area (TPSA) is 69.0 Å². The minimum Gasteiger partial charge on any atom is -0.425 e. The number of alkyl halides is 3. The molecule has 0 bridgehead atoms. The molecule has 1 aromatic heterocycles. The van der Waals surface area contributed by atoms with Crippen molar-refractivity contribution < 1.29 is 36.9 Å². The van der Waals surface area contributed by atoms with Gasteiger partial charge in [0.25, 0.3) is 0 Å². The SMILES string of the molecule is OCCN1COCc2c1nc(Oc1cccc(OC(F)(F)F)c1)n2Cc1ccc(F)cc1. The van der Waals surface area contributed by atoms with E-state index in [2.05, 4.69) is 9.72 Å². The summed E-state index contributed by atoms with van der Waals surface area (Å²) in [5.41, 5.74) is 1.41. The van der Waals surface area contributed by atoms with Crippen LogP contribution in [0.15, 0.2) is 48.5 Å². The first kappa shape index (κ1) is 21.9. The Morgan fingerprint density at radius 3 is 2.56 bits per heavy atom. The summed E-state index contributed by atoms with van der Waals surface area (Å²) in [6.07, 6.45) is -4.83. The van der Waals surface area contributed by atoms with E-state index in [4.69, 9.17) is 9.47 Å². The van der Waals surface area contributed by atoms with Crippen molar-refractivity contribution in [2.45, 2.75) is 19.5 Å². The predicted octanol–water partition coefficient (Wildman–Crippen LogP) is 4.05. The van der Waals surface area contributed by atoms with Crippen LogP contribution in [0.2, 0.25) is 0 Å². The lowest BCUT2D eigenvalue weighted by molar-refractivity contribution is -0.274. The van der Waals surface area contributed by atoms with E-state index in [1.165, 1.54) is 24.3 Å². The van der Waals surface area contributed by atoms with E-state index < -0.39 is 12.1 Å². The summed E-state index contributed by atoms with van der Waals surface area (Å²) < 4.78 is 68.0. The first-order valence-corrected chi connectivity index (χ1v) is 9.63. The van der Waals surface area contributed by atoms with Gasteiger partial charge in [0.05, 0.1) is 25.5 Å². The summed E-state index contributed by atoms with van der Waals surface area (Å²) in [7, 11) is 0. The Balaban J connectivity index is 1.69. The molecule has 4 rings (SSSR count). The number of hydrogen-bond acceptors (Lipinski definition) is 6. The number of aliphatic hydroxyl groups is 1. The second-order valence-corrected chi connectivity index (χ2v) is 6.97. The maximum atomic E-state index is 13.3. The Labute approximate surface area is 180 Å². The summed E-state index contributed by atoms with van der Waals surface area (Å²) in [6.45, 7) is 0.837. The Kier molecular flexibility index (Phi) is 6.19. The van der Waals surface area contributed by atoms with Crippen molar-refractivity contribution in [2.75, 3.05) is 24.8 Å². The zero-order valence-electron chi connectivity index (χ0n) is 16.7. The van der Waals surface area contributed by atoms with Gasteiger partial charge in [-0.25, -0.2) is 4.39 Å². The van der Waals surface area contributed by atoms with Gasteiger partial charge in [0, 0.05) is 12.6 Å². The van der Waals surface area contributed by atoms with Gasteiger partial charge in [0.15, 0.2) is 5.82 Å². The quantitative estimate of drug-likeness (QED) is 0.545. The van der Waals surface area contributed by atoms with E-state index in [0.717, 1.165) is 17.7 Å². The molecule has 1 N–H and O–H groups in total. The van der Waals surface area contributed by atoms with E-state index in [-0.39, 0.29) is 50.6 Å². The van der Waals surface area contributed by atoms with Gasteiger partial charge >= 0.3 is 12.4 Å². The number of benzene rings is 2. The van der Waals surface area contributed by atoms with Crippen LogP contribution >= 0.6 is 0 Å². The average molecular weight is 453 g/mol. The van der Waals surface area contributed by atoms with Crippen LogP contribution < -0.4 is 14.4 Å². The van der Waals surface area contributed by atoms with Gasteiger partial charge in [-0.15, -0.1) is 13.2 Å². The van der Waals surface area contributed by atoms with Gasteiger partial charge in [0.1, 0.15) is 24.0 Å². The number of β-amino-alcohol motifs (C(OH)–C–C–N with tert-alkyl or cyclic N) is 1. The number of aliphatic hydroxyl groups excluding tert-OH is 1. The molecule has 1 aliphatic rings. The standard InChI is InChI=1S/C21H19F4N3O4/c22-15-6-4-14(5-7-15)11-28-18-12-30-13-27(8-9-29)19(18)26-20(28)31-16-2-1-3-17(10-16)32-21(23,24)25/h1-7,10,29H,8-9,11-13H2. The number of aromatic nitrogens is 2. The van der Waals surface area contributed by atoms with Gasteiger partial charge in [0.2, 0.25) is 0 Å². The highest BCUT2D eigenvalue weighted by atomic mass is 19.4. The van der Waals surface area contributed by atoms with Crippen LogP contribution in [-0.4, -0.2) is 40.9 Å². The van der Waals surface area contributed by atoms with E-state index in [9.17, 15) is 22.7 Å². The number of nitrogens with zero attached hydrogens (tertiary/aromatic N) is 3. The van der Waals surface area contributed by atoms with Gasteiger partial charge in [-0.05, 0) is 29.8 Å². The second-order valence-electron chi connectivity index (χ2n) is 6.97. The predicted molar refractivity (Wildman–Crippen MR) is 105 cm³/mol. The Morgan fingerprint density at radius 1 is 1.09 bits per heavy atom. The highest BCUT2D eigenvalue weighted by Gasteiger charge is 2.31. The molecule has 0 fully saturated rings. The molecule has 0 atom stereocenters. The number of anilines is 1. The molecule has 2 aromatic carbocycles. The lowest BCUT2D eigenvalue weighted by atomic mass is 10.2. The number of fused-ring (bicyclic) bond motifs is 1. The van der Waals surface area contributed by atoms with Crippen LogP contribution in [0.25, 0.3) is 0 Å². The fourth-order valence-corrected chi connectivity index (χ4v) is 3.31. The van der Waals surface area contributed by atoms with Crippen molar-refractivity contribution in [3.63, 3.8) is 0 Å². The maximum Gasteiger partial charge on any atom is 0.573 e. The van der Waals surface area contributed by atoms with Crippen molar-refractivity contribution in [1.82, 2.24) is 9.55 Å². The number of hydrogen-bond donors (Lipinski definition) is 1. The van der Waals surface area contributed by atoms with Crippen molar-refractivity contribution in [3.8, 4) is 17.5 Å². The highest BCUT2D eigenvalue weighted by Crippen LogP contribution is 2.34. The molecule has 0 saturated carbocycles. The van der Waals surface area contributed by atoms with Crippen LogP contribution in [0.4, 0.5) is 23.4 Å². The van der Waals surface area contributed by atoms with Crippen molar-refractivity contribution in [2.24, 2.45) is 0 Å². The molecule has 11 heteroatoms. The summed E-state index contributed by atoms with van der Waals surface area (Å²) in [5, 5.41) is 9.34. The van der Waals surface area contributed by atoms with Crippen LogP contribution in [-0.2, 0) is 17.9 Å². The van der Waals surface area contributed by atoms with E-state index in [0.29, 0.717) is 11.5 Å². The minimum absolute atomic E-state index is 0.0871. The van der Waals surface area contributed by atoms with Crippen LogP contribution in [0.1, 0.15) is 11.3 Å². The molecule has 0 radical (unpaired) electrons. The fourth-order valence-electron chi connectivity index (χ4n) is 3.31. The third-order valence-electron chi connectivity index (χ3n) is 4.67. The average Bonchev–Trinajstić information content (AvgIpc) is 3.07. The molecule has 0 amide bonds. The zero-order chi connectivity index (χ0) is 22.7. The maximum absolute atomic E-state index is 13.3. The first-order chi connectivity index (χ1) is 15.3. The van der Waals surface area contributed by atoms with E-state index >= 15 is 0 Å². The van der Waals surface area contributed by atoms with Crippen LogP contribution in [0.3, 0.4) is 0 Å². The van der Waals surface area contributed by atoms with Crippen molar-refractivity contribution in [3.05, 3.63) is 65.6 Å². The molecule has 0 spiro atoms. The molecule has 1 aliphatic heterocycles. The monoisotopic (exact) mass is 453 g/mol. The molecule has 2 heterocycles. The number of ether oxygens (including phenoxy) is 3. The van der Waals surface area contributed by atoms with Crippen molar-refractivity contribution >= 4 is 5.82 Å². The largest absolute Gasteiger partial charge is 0.573 e. The summed E-state index contributed by atoms with van der Waals surface area (Å²) in [6, 6.07) is 11.1. The van der Waals surface area contributed by atoms with E-state index in [1.54, 1.807) is 21.6 Å². The van der Waals surface area contributed by atoms with Gasteiger partial charge in [-0.1, -0.05) is 18.2 Å². The molecule has 0 saturated heterocycles. The lowest BCUT2D eigenvalue weighted by Crippen LogP contribution is -2.34. The Morgan fingerprint density at radius 2 is 1.84 bits per heavy atom. The Bertz CT molecular complexity index is 1070. The van der Waals surface area contributed by atoms with Crippen LogP contribution in [0.5, 0.6) is 17.5 Å². The smallest absolute Gasteiger partial charge is 0.425 e. The van der Waals surface area contributed by atoms with E-state index in [1.807, 2.05) is 0 Å². The number of imidazole rings is 1. The first-order valence-electron chi connectivity index (χ1n) is 9.63. The van der Waals surface area contributed by atoms with Gasteiger partial charge < -0.3 is 24.2 Å². The molecular weight excluding hydrogens is 434 g/mol. The molecule has 32 heavy (non-hydrogen) atoms. The fraction of sp³-hybridized carbons (Fsp3) is 0.286. The second kappa shape index (κ2) is 9.05. The number of halogens is 4. The normalized spacial score (nSPS) is 13.7. The van der Waals surface area contributed by atoms with Crippen molar-refractivity contribution in [1.29, 1.82) is 0 Å². The third kappa shape index (κ3) is 5.11. The molecular formula is C21H19F4N3O4. The number of rotatable bonds is 7. The zero-order valence-corrected chi connectivity index (χ0v) is 16.7. The molecule has 7 nitrogen and oxygen atoms in total. The molecule has 0 unspecified atom stereocenters. The van der Waals surface area contributed by atoms with Gasteiger partial charge in [-0.2, -0.15) is 4.98 Å². The molecule has 3 aromatic rings.